The van der Waals surface area contributed by atoms with E-state index in [1.165, 1.54) is 12.1 Å². The fraction of sp³-hybridized carbons (Fsp3) is 0.364. The molecule has 0 bridgehead atoms. The van der Waals surface area contributed by atoms with Gasteiger partial charge in [0.15, 0.2) is 11.5 Å². The molecule has 2 rings (SSSR count). The third-order valence-corrected chi connectivity index (χ3v) is 2.29. The number of alkyl halides is 2. The van der Waals surface area contributed by atoms with Crippen molar-refractivity contribution in [3.05, 3.63) is 18.2 Å². The molecule has 0 aromatic heterocycles. The minimum atomic E-state index is -3.62. The molecule has 0 amide bonds. The highest BCUT2D eigenvalue weighted by atomic mass is 19.3. The van der Waals surface area contributed by atoms with Gasteiger partial charge in [-0.1, -0.05) is 6.92 Å². The number of nitrogens with two attached hydrogens (primary N) is 1. The van der Waals surface area contributed by atoms with E-state index in [2.05, 4.69) is 25.2 Å². The van der Waals surface area contributed by atoms with Crippen LogP contribution in [0.4, 0.5) is 14.5 Å². The van der Waals surface area contributed by atoms with Gasteiger partial charge in [0, 0.05) is 18.3 Å². The Balaban J connectivity index is 2.11. The zero-order valence-electron chi connectivity index (χ0n) is 10.2. The lowest BCUT2D eigenvalue weighted by molar-refractivity contribution is -0.286. The summed E-state index contributed by atoms with van der Waals surface area (Å²) < 4.78 is 34.3. The number of hydrogen-bond acceptors (Lipinski definition) is 4. The molecule has 0 saturated heterocycles. The first kappa shape index (κ1) is 13.3. The maximum Gasteiger partial charge on any atom is 0.586 e. The lowest BCUT2D eigenvalue weighted by atomic mass is 10.3. The summed E-state index contributed by atoms with van der Waals surface area (Å²) in [6.45, 7) is 2.56. The zero-order chi connectivity index (χ0) is 13.9. The fourth-order valence-corrected chi connectivity index (χ4v) is 1.51. The van der Waals surface area contributed by atoms with Gasteiger partial charge in [0.05, 0.1) is 0 Å². The van der Waals surface area contributed by atoms with Crippen LogP contribution in [0.25, 0.3) is 0 Å². The first-order chi connectivity index (χ1) is 9.04. The van der Waals surface area contributed by atoms with Crippen LogP contribution in [0, 0.1) is 0 Å². The summed E-state index contributed by atoms with van der Waals surface area (Å²) in [6.07, 6.45) is -2.76. The number of ether oxygens (including phenoxy) is 2. The molecule has 6 nitrogen and oxygen atoms in total. The Morgan fingerprint density at radius 2 is 2.11 bits per heavy atom. The van der Waals surface area contributed by atoms with E-state index in [0.717, 1.165) is 6.42 Å². The van der Waals surface area contributed by atoms with Crippen LogP contribution in [0.1, 0.15) is 13.3 Å². The Morgan fingerprint density at radius 1 is 1.37 bits per heavy atom. The van der Waals surface area contributed by atoms with E-state index < -0.39 is 6.29 Å². The average molecular weight is 272 g/mol. The largest absolute Gasteiger partial charge is 0.586 e. The van der Waals surface area contributed by atoms with Gasteiger partial charge >= 0.3 is 6.29 Å². The standard InChI is InChI=1S/C11H14F2N4O2/c1-2-5-15-10(17-14)16-7-3-4-8-9(6-7)19-11(12,13)18-8/h3-4,6H,2,5,14H2,1H3,(H2,15,16,17). The molecule has 1 heterocycles. The number of nitrogens with one attached hydrogen (secondary N) is 2. The van der Waals surface area contributed by atoms with E-state index in [0.29, 0.717) is 18.2 Å². The van der Waals surface area contributed by atoms with E-state index in [9.17, 15) is 8.78 Å². The SMILES string of the molecule is CCCN=C(NN)Nc1ccc2c(c1)OC(F)(F)O2. The highest BCUT2D eigenvalue weighted by Crippen LogP contribution is 2.42. The van der Waals surface area contributed by atoms with Gasteiger partial charge in [-0.3, -0.25) is 10.4 Å². The number of aliphatic imine (C=N–C) groups is 1. The third kappa shape index (κ3) is 3.22. The number of nitrogens with zero attached hydrogens (tertiary/aromatic N) is 1. The average Bonchev–Trinajstić information content (AvgIpc) is 2.67. The fourth-order valence-electron chi connectivity index (χ4n) is 1.51. The van der Waals surface area contributed by atoms with Crippen molar-refractivity contribution in [3.63, 3.8) is 0 Å². The number of guanidine groups is 1. The van der Waals surface area contributed by atoms with Gasteiger partial charge < -0.3 is 14.8 Å². The molecule has 1 aliphatic heterocycles. The Labute approximate surface area is 108 Å². The van der Waals surface area contributed by atoms with Crippen LogP contribution in [0.3, 0.4) is 0 Å². The van der Waals surface area contributed by atoms with Crippen LogP contribution >= 0.6 is 0 Å². The second-order valence-electron chi connectivity index (χ2n) is 3.83. The normalized spacial score (nSPS) is 16.3. The van der Waals surface area contributed by atoms with E-state index >= 15 is 0 Å². The van der Waals surface area contributed by atoms with Crippen molar-refractivity contribution in [2.45, 2.75) is 19.6 Å². The number of hydrazine groups is 1. The number of hydrogen-bond donors (Lipinski definition) is 3. The molecule has 0 spiro atoms. The first-order valence-corrected chi connectivity index (χ1v) is 5.72. The first-order valence-electron chi connectivity index (χ1n) is 5.72. The van der Waals surface area contributed by atoms with Gasteiger partial charge in [0.25, 0.3) is 0 Å². The molecule has 1 aromatic rings. The van der Waals surface area contributed by atoms with E-state index in [1.54, 1.807) is 6.07 Å². The van der Waals surface area contributed by atoms with Gasteiger partial charge in [0.2, 0.25) is 5.96 Å². The molecule has 1 aliphatic rings. The van der Waals surface area contributed by atoms with E-state index in [-0.39, 0.29) is 11.5 Å². The van der Waals surface area contributed by atoms with Crippen LogP contribution in [0.2, 0.25) is 0 Å². The number of halogens is 2. The van der Waals surface area contributed by atoms with E-state index in [1.807, 2.05) is 6.92 Å². The lowest BCUT2D eigenvalue weighted by Gasteiger charge is -2.09. The molecule has 0 aliphatic carbocycles. The Morgan fingerprint density at radius 3 is 2.79 bits per heavy atom. The van der Waals surface area contributed by atoms with Crippen molar-refractivity contribution in [1.82, 2.24) is 5.43 Å². The maximum absolute atomic E-state index is 12.8. The number of fused-ring (bicyclic) bond motifs is 1. The molecular weight excluding hydrogens is 258 g/mol. The van der Waals surface area contributed by atoms with Crippen LogP contribution < -0.4 is 26.1 Å². The Bertz CT molecular complexity index is 494. The minimum absolute atomic E-state index is 0.0108. The lowest BCUT2D eigenvalue weighted by Crippen LogP contribution is -2.36. The highest BCUT2D eigenvalue weighted by molar-refractivity contribution is 5.93. The molecule has 1 aromatic carbocycles. The van der Waals surface area contributed by atoms with E-state index in [4.69, 9.17) is 5.84 Å². The van der Waals surface area contributed by atoms with Gasteiger partial charge in [-0.05, 0) is 18.6 Å². The molecule has 0 saturated carbocycles. The van der Waals surface area contributed by atoms with Crippen LogP contribution in [-0.2, 0) is 0 Å². The number of benzene rings is 1. The van der Waals surface area contributed by atoms with Gasteiger partial charge in [-0.15, -0.1) is 8.78 Å². The van der Waals surface area contributed by atoms with Crippen LogP contribution in [0.5, 0.6) is 11.5 Å². The minimum Gasteiger partial charge on any atom is -0.395 e. The van der Waals surface area contributed by atoms with Gasteiger partial charge in [0.1, 0.15) is 0 Å². The maximum atomic E-state index is 12.8. The van der Waals surface area contributed by atoms with Crippen molar-refractivity contribution in [2.24, 2.45) is 10.8 Å². The van der Waals surface area contributed by atoms with Gasteiger partial charge in [-0.2, -0.15) is 0 Å². The monoisotopic (exact) mass is 272 g/mol. The second kappa shape index (κ2) is 5.27. The molecule has 0 radical (unpaired) electrons. The number of rotatable bonds is 3. The number of anilines is 1. The molecule has 4 N–H and O–H groups in total. The summed E-state index contributed by atoms with van der Waals surface area (Å²) in [7, 11) is 0. The second-order valence-corrected chi connectivity index (χ2v) is 3.83. The Hall–Kier alpha value is -2.09. The molecule has 104 valence electrons. The third-order valence-electron chi connectivity index (χ3n) is 2.29. The van der Waals surface area contributed by atoms with Crippen LogP contribution in [-0.4, -0.2) is 18.8 Å². The quantitative estimate of drug-likeness (QED) is 0.337. The summed E-state index contributed by atoms with van der Waals surface area (Å²) >= 11 is 0. The van der Waals surface area contributed by atoms with Crippen molar-refractivity contribution in [3.8, 4) is 11.5 Å². The summed E-state index contributed by atoms with van der Waals surface area (Å²) in [5, 5.41) is 2.85. The molecular formula is C11H14F2N4O2. The molecule has 0 atom stereocenters. The predicted molar refractivity (Wildman–Crippen MR) is 66.2 cm³/mol. The van der Waals surface area contributed by atoms with Gasteiger partial charge in [-0.25, -0.2) is 5.84 Å². The predicted octanol–water partition coefficient (Wildman–Crippen LogP) is 1.65. The van der Waals surface area contributed by atoms with Crippen molar-refractivity contribution >= 4 is 11.6 Å². The smallest absolute Gasteiger partial charge is 0.395 e. The highest BCUT2D eigenvalue weighted by Gasteiger charge is 2.43. The molecule has 19 heavy (non-hydrogen) atoms. The summed E-state index contributed by atoms with van der Waals surface area (Å²) in [5.41, 5.74) is 2.90. The molecule has 0 fully saturated rings. The van der Waals surface area contributed by atoms with Crippen molar-refractivity contribution < 1.29 is 18.3 Å². The zero-order valence-corrected chi connectivity index (χ0v) is 10.2. The topological polar surface area (TPSA) is 80.9 Å². The van der Waals surface area contributed by atoms with Crippen molar-refractivity contribution in [2.75, 3.05) is 11.9 Å². The molecule has 0 unspecified atom stereocenters. The van der Waals surface area contributed by atoms with Crippen LogP contribution in [0.15, 0.2) is 23.2 Å². The molecule has 8 heteroatoms. The summed E-state index contributed by atoms with van der Waals surface area (Å²) in [6, 6.07) is 4.32. The summed E-state index contributed by atoms with van der Waals surface area (Å²) in [4.78, 5) is 4.13. The summed E-state index contributed by atoms with van der Waals surface area (Å²) in [5.74, 6) is 5.59. The van der Waals surface area contributed by atoms with Crippen molar-refractivity contribution in [1.29, 1.82) is 0 Å². The Kier molecular flexibility index (Phi) is 3.70.